The topological polar surface area (TPSA) is 26.3 Å². The molecular weight excluding hydrogens is 403 g/mol. The number of carbonyl (C=O) groups excluding carboxylic acids is 1. The van der Waals surface area contributed by atoms with Gasteiger partial charge in [0.25, 0.3) is 0 Å². The summed E-state index contributed by atoms with van der Waals surface area (Å²) in [6.07, 6.45) is 0.780. The highest BCUT2D eigenvalue weighted by atomic mass is 28.4. The maximum absolute atomic E-state index is 13.9. The van der Waals surface area contributed by atoms with Gasteiger partial charge in [-0.25, -0.2) is 4.39 Å². The number of aldehydes is 1. The Labute approximate surface area is 183 Å². The summed E-state index contributed by atoms with van der Waals surface area (Å²) in [5, 5.41) is 3.50. The summed E-state index contributed by atoms with van der Waals surface area (Å²) >= 11 is 0. The molecule has 31 heavy (non-hydrogen) atoms. The normalized spacial score (nSPS) is 12.0. The fourth-order valence-electron chi connectivity index (χ4n) is 4.29. The van der Waals surface area contributed by atoms with Gasteiger partial charge in [0, 0.05) is 10.9 Å². The summed E-state index contributed by atoms with van der Waals surface area (Å²) in [6.45, 7) is 6.60. The van der Waals surface area contributed by atoms with Gasteiger partial charge in [-0.2, -0.15) is 0 Å². The molecular formula is C27H25FO2Si. The zero-order valence-corrected chi connectivity index (χ0v) is 18.9. The molecule has 4 aromatic carbocycles. The number of hydrogen-bond donors (Lipinski definition) is 0. The number of halogens is 1. The maximum Gasteiger partial charge on any atom is 0.319 e. The van der Waals surface area contributed by atoms with Crippen LogP contribution in [0.3, 0.4) is 0 Å². The molecule has 0 saturated carbocycles. The van der Waals surface area contributed by atoms with Crippen LogP contribution in [-0.2, 0) is 0 Å². The summed E-state index contributed by atoms with van der Waals surface area (Å²) in [6, 6.07) is 28.7. The molecule has 4 heteroatoms. The Morgan fingerprint density at radius 1 is 0.806 bits per heavy atom. The van der Waals surface area contributed by atoms with Gasteiger partial charge in [-0.3, -0.25) is 4.79 Å². The van der Waals surface area contributed by atoms with E-state index in [0.29, 0.717) is 16.7 Å². The Balaban J connectivity index is 2.04. The molecule has 0 spiro atoms. The van der Waals surface area contributed by atoms with Crippen molar-refractivity contribution in [1.29, 1.82) is 0 Å². The molecule has 2 nitrogen and oxygen atoms in total. The molecule has 0 aliphatic carbocycles. The van der Waals surface area contributed by atoms with Crippen LogP contribution in [0.25, 0.3) is 10.8 Å². The van der Waals surface area contributed by atoms with Gasteiger partial charge in [0.1, 0.15) is 17.9 Å². The Hall–Kier alpha value is -3.24. The van der Waals surface area contributed by atoms with Gasteiger partial charge in [-0.1, -0.05) is 81.4 Å². The Morgan fingerprint density at radius 2 is 1.39 bits per heavy atom. The summed E-state index contributed by atoms with van der Waals surface area (Å²) in [4.78, 5) is 11.7. The van der Waals surface area contributed by atoms with E-state index in [-0.39, 0.29) is 10.9 Å². The third-order valence-electron chi connectivity index (χ3n) is 5.71. The first-order valence-corrected chi connectivity index (χ1v) is 12.2. The van der Waals surface area contributed by atoms with Crippen molar-refractivity contribution in [3.63, 3.8) is 0 Å². The average molecular weight is 429 g/mol. The fourth-order valence-corrected chi connectivity index (χ4v) is 8.72. The largest absolute Gasteiger partial charge is 0.534 e. The van der Waals surface area contributed by atoms with Gasteiger partial charge in [0.05, 0.1) is 0 Å². The van der Waals surface area contributed by atoms with Crippen molar-refractivity contribution in [2.75, 3.05) is 0 Å². The summed E-state index contributed by atoms with van der Waals surface area (Å²) in [5.74, 6) is 0.265. The fraction of sp³-hybridized carbons (Fsp3) is 0.148. The van der Waals surface area contributed by atoms with Crippen molar-refractivity contribution < 1.29 is 13.6 Å². The minimum Gasteiger partial charge on any atom is -0.534 e. The minimum absolute atomic E-state index is 0.223. The van der Waals surface area contributed by atoms with Crippen molar-refractivity contribution in [3.8, 4) is 5.75 Å². The predicted octanol–water partition coefficient (Wildman–Crippen LogP) is 5.73. The van der Waals surface area contributed by atoms with Crippen molar-refractivity contribution in [1.82, 2.24) is 0 Å². The first kappa shape index (κ1) is 21.0. The van der Waals surface area contributed by atoms with Gasteiger partial charge in [-0.05, 0) is 51.1 Å². The zero-order valence-electron chi connectivity index (χ0n) is 17.9. The van der Waals surface area contributed by atoms with Crippen LogP contribution in [0.4, 0.5) is 4.39 Å². The molecule has 0 aromatic heterocycles. The molecule has 0 unspecified atom stereocenters. The molecule has 0 aliphatic heterocycles. The first-order valence-electron chi connectivity index (χ1n) is 10.3. The maximum atomic E-state index is 13.9. The van der Waals surface area contributed by atoms with E-state index in [0.717, 1.165) is 22.0 Å². The molecule has 4 aromatic rings. The Morgan fingerprint density at radius 3 is 1.90 bits per heavy atom. The first-order chi connectivity index (χ1) is 14.8. The van der Waals surface area contributed by atoms with Crippen molar-refractivity contribution in [2.24, 2.45) is 0 Å². The van der Waals surface area contributed by atoms with E-state index in [2.05, 4.69) is 45.0 Å². The van der Waals surface area contributed by atoms with Gasteiger partial charge in [-0.15, -0.1) is 0 Å². The van der Waals surface area contributed by atoms with Gasteiger partial charge >= 0.3 is 8.32 Å². The van der Waals surface area contributed by atoms with Crippen LogP contribution in [0.2, 0.25) is 5.04 Å². The van der Waals surface area contributed by atoms with E-state index in [1.54, 1.807) is 18.2 Å². The monoisotopic (exact) mass is 428 g/mol. The number of carbonyl (C=O) groups is 1. The molecule has 0 radical (unpaired) electrons. The lowest BCUT2D eigenvalue weighted by atomic mass is 10.1. The highest BCUT2D eigenvalue weighted by molar-refractivity contribution is 7.00. The third-order valence-corrected chi connectivity index (χ3v) is 10.6. The van der Waals surface area contributed by atoms with E-state index in [1.165, 1.54) is 12.1 Å². The molecule has 4 rings (SSSR count). The number of hydrogen-bond acceptors (Lipinski definition) is 2. The summed E-state index contributed by atoms with van der Waals surface area (Å²) in [7, 11) is -2.87. The molecule has 0 atom stereocenters. The third kappa shape index (κ3) is 3.79. The van der Waals surface area contributed by atoms with Crippen LogP contribution < -0.4 is 14.8 Å². The number of rotatable bonds is 5. The highest BCUT2D eigenvalue weighted by Gasteiger charge is 2.52. The second-order valence-corrected chi connectivity index (χ2v) is 13.0. The van der Waals surface area contributed by atoms with Crippen LogP contribution in [0.5, 0.6) is 5.75 Å². The number of fused-ring (bicyclic) bond motifs is 1. The van der Waals surface area contributed by atoms with Crippen molar-refractivity contribution in [3.05, 3.63) is 102 Å². The van der Waals surface area contributed by atoms with Gasteiger partial charge < -0.3 is 4.43 Å². The van der Waals surface area contributed by atoms with E-state index in [9.17, 15) is 9.18 Å². The molecule has 0 amide bonds. The lowest BCUT2D eigenvalue weighted by Gasteiger charge is -2.43. The molecule has 0 saturated heterocycles. The average Bonchev–Trinajstić information content (AvgIpc) is 2.77. The van der Waals surface area contributed by atoms with Crippen molar-refractivity contribution >= 4 is 35.7 Å². The predicted molar refractivity (Wildman–Crippen MR) is 128 cm³/mol. The van der Waals surface area contributed by atoms with Crippen LogP contribution in [-0.4, -0.2) is 14.6 Å². The highest BCUT2D eigenvalue weighted by Crippen LogP contribution is 2.39. The quantitative estimate of drug-likeness (QED) is 0.300. The number of benzene rings is 4. The van der Waals surface area contributed by atoms with E-state index in [1.807, 2.05) is 36.4 Å². The van der Waals surface area contributed by atoms with E-state index < -0.39 is 8.32 Å². The zero-order chi connectivity index (χ0) is 22.1. The SMILES string of the molecule is CC(C)(C)[Si](Oc1cc(C=O)cc2cc(F)ccc12)(c1ccccc1)c1ccccc1. The standard InChI is InChI=1S/C27H25FO2Si/c1-27(2,3)31(23-10-6-4-7-11-23,24-12-8-5-9-13-24)30-26-17-20(19-29)16-21-18-22(28)14-15-25(21)26/h4-19H,1-3H3. The molecule has 0 bridgehead atoms. The van der Waals surface area contributed by atoms with Crippen LogP contribution in [0.1, 0.15) is 31.1 Å². The van der Waals surface area contributed by atoms with E-state index >= 15 is 0 Å². The molecule has 0 N–H and O–H groups in total. The lowest BCUT2D eigenvalue weighted by Crippen LogP contribution is -2.68. The smallest absolute Gasteiger partial charge is 0.319 e. The molecule has 0 heterocycles. The van der Waals surface area contributed by atoms with Crippen molar-refractivity contribution in [2.45, 2.75) is 25.8 Å². The molecule has 0 fully saturated rings. The molecule has 0 aliphatic rings. The van der Waals surface area contributed by atoms with Crippen LogP contribution >= 0.6 is 0 Å². The Kier molecular flexibility index (Phi) is 5.50. The van der Waals surface area contributed by atoms with Crippen LogP contribution in [0, 0.1) is 5.82 Å². The Bertz CT molecular complexity index is 1180. The summed E-state index contributed by atoms with van der Waals surface area (Å²) in [5.41, 5.74) is 0.464. The minimum atomic E-state index is -2.87. The second kappa shape index (κ2) is 8.12. The van der Waals surface area contributed by atoms with Gasteiger partial charge in [0.2, 0.25) is 0 Å². The second-order valence-electron chi connectivity index (χ2n) is 8.77. The van der Waals surface area contributed by atoms with Crippen LogP contribution in [0.15, 0.2) is 91.0 Å². The lowest BCUT2D eigenvalue weighted by molar-refractivity contribution is 0.112. The molecule has 156 valence electrons. The van der Waals surface area contributed by atoms with Gasteiger partial charge in [0.15, 0.2) is 0 Å². The summed E-state index contributed by atoms with van der Waals surface area (Å²) < 4.78 is 21.0. The van der Waals surface area contributed by atoms with E-state index in [4.69, 9.17) is 4.43 Å².